The van der Waals surface area contributed by atoms with Gasteiger partial charge in [-0.25, -0.2) is 0 Å². The van der Waals surface area contributed by atoms with Crippen molar-refractivity contribution in [1.29, 1.82) is 0 Å². The van der Waals surface area contributed by atoms with Gasteiger partial charge in [-0.1, -0.05) is 42.5 Å². The molecule has 1 atom stereocenters. The van der Waals surface area contributed by atoms with Crippen LogP contribution in [0.5, 0.6) is 5.75 Å². The Kier molecular flexibility index (Phi) is 6.22. The van der Waals surface area contributed by atoms with Gasteiger partial charge < -0.3 is 20.3 Å². The van der Waals surface area contributed by atoms with Gasteiger partial charge in [-0.15, -0.1) is 0 Å². The number of hydrogen-bond acceptors (Lipinski definition) is 4. The van der Waals surface area contributed by atoms with E-state index >= 15 is 0 Å². The maximum atomic E-state index is 9.42. The zero-order valence-corrected chi connectivity index (χ0v) is 11.9. The molecule has 0 aromatic heterocycles. The normalized spacial score (nSPS) is 12.1. The number of aliphatic hydroxyl groups excluding tert-OH is 2. The summed E-state index contributed by atoms with van der Waals surface area (Å²) in [5.74, 6) is 0.764. The van der Waals surface area contributed by atoms with E-state index in [9.17, 15) is 5.11 Å². The Balaban J connectivity index is 1.99. The average molecular weight is 287 g/mol. The molecule has 0 saturated heterocycles. The van der Waals surface area contributed by atoms with Crippen LogP contribution in [-0.4, -0.2) is 30.0 Å². The molecule has 21 heavy (non-hydrogen) atoms. The molecule has 2 rings (SSSR count). The van der Waals surface area contributed by atoms with Crippen LogP contribution in [0.2, 0.25) is 0 Å². The molecule has 0 aliphatic heterocycles. The predicted molar refractivity (Wildman–Crippen MR) is 82.1 cm³/mol. The lowest BCUT2D eigenvalue weighted by atomic mass is 10.1. The number of nitrogens with one attached hydrogen (secondary N) is 1. The van der Waals surface area contributed by atoms with Crippen LogP contribution in [0.1, 0.15) is 17.2 Å². The summed E-state index contributed by atoms with van der Waals surface area (Å²) in [4.78, 5) is 0. The minimum absolute atomic E-state index is 0.0257. The topological polar surface area (TPSA) is 61.7 Å². The third-order valence-electron chi connectivity index (χ3n) is 3.19. The fourth-order valence-electron chi connectivity index (χ4n) is 2.09. The molecule has 0 aliphatic rings. The molecule has 0 fully saturated rings. The summed E-state index contributed by atoms with van der Waals surface area (Å²) in [5.41, 5.74) is 2.05. The highest BCUT2D eigenvalue weighted by Gasteiger charge is 2.10. The lowest BCUT2D eigenvalue weighted by Gasteiger charge is -2.17. The summed E-state index contributed by atoms with van der Waals surface area (Å²) in [6, 6.07) is 17.4. The van der Waals surface area contributed by atoms with Crippen LogP contribution in [0, 0.1) is 0 Å². The summed E-state index contributed by atoms with van der Waals surface area (Å²) in [6.07, 6.45) is 0. The van der Waals surface area contributed by atoms with Crippen LogP contribution in [0.3, 0.4) is 0 Å². The second-order valence-electron chi connectivity index (χ2n) is 4.76. The number of rotatable bonds is 8. The Morgan fingerprint density at radius 2 is 1.81 bits per heavy atom. The standard InChI is InChI=1S/C17H21NO3/c19-10-9-18-17(12-20)15-7-4-8-16(11-15)21-13-14-5-2-1-3-6-14/h1-8,11,17-20H,9-10,12-13H2. The van der Waals surface area contributed by atoms with Gasteiger partial charge in [-0.2, -0.15) is 0 Å². The molecule has 112 valence electrons. The Hall–Kier alpha value is -1.88. The molecule has 0 heterocycles. The molecule has 4 heteroatoms. The zero-order valence-electron chi connectivity index (χ0n) is 11.9. The highest BCUT2D eigenvalue weighted by Crippen LogP contribution is 2.20. The van der Waals surface area contributed by atoms with Crippen molar-refractivity contribution in [2.75, 3.05) is 19.8 Å². The molecule has 0 spiro atoms. The monoisotopic (exact) mass is 287 g/mol. The molecule has 1 unspecified atom stereocenters. The van der Waals surface area contributed by atoms with Gasteiger partial charge in [0.05, 0.1) is 19.3 Å². The number of hydrogen-bond donors (Lipinski definition) is 3. The molecule has 2 aromatic rings. The SMILES string of the molecule is OCCNC(CO)c1cccc(OCc2ccccc2)c1. The second-order valence-corrected chi connectivity index (χ2v) is 4.76. The summed E-state index contributed by atoms with van der Waals surface area (Å²) in [7, 11) is 0. The first-order valence-corrected chi connectivity index (χ1v) is 7.05. The minimum atomic E-state index is -0.197. The molecule has 3 N–H and O–H groups in total. The van der Waals surface area contributed by atoms with E-state index in [1.165, 1.54) is 0 Å². The van der Waals surface area contributed by atoms with Crippen molar-refractivity contribution in [3.8, 4) is 5.75 Å². The third kappa shape index (κ3) is 4.86. The van der Waals surface area contributed by atoms with Crippen molar-refractivity contribution < 1.29 is 14.9 Å². The molecule has 0 amide bonds. The van der Waals surface area contributed by atoms with Gasteiger partial charge >= 0.3 is 0 Å². The Morgan fingerprint density at radius 1 is 1.00 bits per heavy atom. The number of benzene rings is 2. The van der Waals surface area contributed by atoms with Crippen molar-refractivity contribution in [2.45, 2.75) is 12.6 Å². The molecule has 0 radical (unpaired) electrons. The van der Waals surface area contributed by atoms with Gasteiger partial charge in [-0.05, 0) is 23.3 Å². The van der Waals surface area contributed by atoms with Crippen LogP contribution >= 0.6 is 0 Å². The maximum absolute atomic E-state index is 9.42. The minimum Gasteiger partial charge on any atom is -0.489 e. The van der Waals surface area contributed by atoms with E-state index < -0.39 is 0 Å². The highest BCUT2D eigenvalue weighted by molar-refractivity contribution is 5.31. The number of ether oxygens (including phenoxy) is 1. The van der Waals surface area contributed by atoms with E-state index in [2.05, 4.69) is 5.32 Å². The second kappa shape index (κ2) is 8.42. The summed E-state index contributed by atoms with van der Waals surface area (Å²) in [5, 5.41) is 21.4. The van der Waals surface area contributed by atoms with Crippen molar-refractivity contribution in [3.63, 3.8) is 0 Å². The summed E-state index contributed by atoms with van der Waals surface area (Å²) in [6.45, 7) is 0.974. The van der Waals surface area contributed by atoms with E-state index in [1.807, 2.05) is 54.6 Å². The van der Waals surface area contributed by atoms with Crippen LogP contribution < -0.4 is 10.1 Å². The molecular weight excluding hydrogens is 266 g/mol. The maximum Gasteiger partial charge on any atom is 0.120 e. The predicted octanol–water partition coefficient (Wildman–Crippen LogP) is 1.88. The van der Waals surface area contributed by atoms with E-state index in [0.717, 1.165) is 16.9 Å². The quantitative estimate of drug-likeness (QED) is 0.694. The zero-order chi connectivity index (χ0) is 14.9. The molecule has 0 bridgehead atoms. The smallest absolute Gasteiger partial charge is 0.120 e. The van der Waals surface area contributed by atoms with Gasteiger partial charge in [0.1, 0.15) is 12.4 Å². The Morgan fingerprint density at radius 3 is 2.52 bits per heavy atom. The van der Waals surface area contributed by atoms with Crippen molar-refractivity contribution in [2.24, 2.45) is 0 Å². The lowest BCUT2D eigenvalue weighted by Crippen LogP contribution is -2.27. The largest absolute Gasteiger partial charge is 0.489 e. The van der Waals surface area contributed by atoms with Gasteiger partial charge in [-0.3, -0.25) is 0 Å². The van der Waals surface area contributed by atoms with E-state index in [-0.39, 0.29) is 19.3 Å². The third-order valence-corrected chi connectivity index (χ3v) is 3.19. The van der Waals surface area contributed by atoms with E-state index in [0.29, 0.717) is 13.2 Å². The van der Waals surface area contributed by atoms with Gasteiger partial charge in [0, 0.05) is 6.54 Å². The lowest BCUT2D eigenvalue weighted by molar-refractivity contribution is 0.227. The molecule has 4 nitrogen and oxygen atoms in total. The molecule has 2 aromatic carbocycles. The van der Waals surface area contributed by atoms with Crippen molar-refractivity contribution in [1.82, 2.24) is 5.32 Å². The average Bonchev–Trinajstić information content (AvgIpc) is 2.55. The molecule has 0 aliphatic carbocycles. The Labute approximate surface area is 125 Å². The fraction of sp³-hybridized carbons (Fsp3) is 0.294. The van der Waals surface area contributed by atoms with E-state index in [1.54, 1.807) is 0 Å². The Bertz CT molecular complexity index is 531. The van der Waals surface area contributed by atoms with Gasteiger partial charge in [0.2, 0.25) is 0 Å². The fourth-order valence-corrected chi connectivity index (χ4v) is 2.09. The van der Waals surface area contributed by atoms with Crippen molar-refractivity contribution in [3.05, 3.63) is 65.7 Å². The van der Waals surface area contributed by atoms with Crippen LogP contribution in [0.25, 0.3) is 0 Å². The van der Waals surface area contributed by atoms with Gasteiger partial charge in [0.15, 0.2) is 0 Å². The molecular formula is C17H21NO3. The van der Waals surface area contributed by atoms with Crippen LogP contribution in [0.15, 0.2) is 54.6 Å². The van der Waals surface area contributed by atoms with E-state index in [4.69, 9.17) is 9.84 Å². The first-order chi connectivity index (χ1) is 10.3. The van der Waals surface area contributed by atoms with Crippen LogP contribution in [-0.2, 0) is 6.61 Å². The number of aliphatic hydroxyl groups is 2. The molecule has 0 saturated carbocycles. The van der Waals surface area contributed by atoms with Crippen LogP contribution in [0.4, 0.5) is 0 Å². The highest BCUT2D eigenvalue weighted by atomic mass is 16.5. The van der Waals surface area contributed by atoms with Gasteiger partial charge in [0.25, 0.3) is 0 Å². The first kappa shape index (κ1) is 15.5. The first-order valence-electron chi connectivity index (χ1n) is 7.05. The summed E-state index contributed by atoms with van der Waals surface area (Å²) >= 11 is 0. The van der Waals surface area contributed by atoms with Crippen molar-refractivity contribution >= 4 is 0 Å². The summed E-state index contributed by atoms with van der Waals surface area (Å²) < 4.78 is 5.77.